The lowest BCUT2D eigenvalue weighted by Gasteiger charge is -2.40. The summed E-state index contributed by atoms with van der Waals surface area (Å²) in [5.74, 6) is -0.997. The monoisotopic (exact) mass is 594 g/mol. The van der Waals surface area contributed by atoms with Crippen LogP contribution in [0.2, 0.25) is 0 Å². The van der Waals surface area contributed by atoms with Crippen LogP contribution >= 0.6 is 11.3 Å². The van der Waals surface area contributed by atoms with E-state index in [1.165, 1.54) is 24.8 Å². The summed E-state index contributed by atoms with van der Waals surface area (Å²) in [4.78, 5) is 4.15. The number of nitriles is 1. The van der Waals surface area contributed by atoms with Crippen molar-refractivity contribution in [1.29, 1.82) is 5.26 Å². The highest BCUT2D eigenvalue weighted by molar-refractivity contribution is 7.91. The van der Waals surface area contributed by atoms with Gasteiger partial charge in [0, 0.05) is 31.4 Å². The molecule has 0 amide bonds. The predicted octanol–water partition coefficient (Wildman–Crippen LogP) is 3.76. The summed E-state index contributed by atoms with van der Waals surface area (Å²) < 4.78 is 110. The minimum absolute atomic E-state index is 0.000263. The van der Waals surface area contributed by atoms with Gasteiger partial charge in [-0.3, -0.25) is 5.10 Å². The van der Waals surface area contributed by atoms with E-state index in [-0.39, 0.29) is 48.0 Å². The Morgan fingerprint density at radius 3 is 2.38 bits per heavy atom. The molecule has 210 valence electrons. The molecule has 17 heteroatoms. The van der Waals surface area contributed by atoms with Gasteiger partial charge in [0.25, 0.3) is 15.6 Å². The van der Waals surface area contributed by atoms with Crippen molar-refractivity contribution in [3.8, 4) is 6.07 Å². The zero-order chi connectivity index (χ0) is 29.0. The van der Waals surface area contributed by atoms with Gasteiger partial charge in [-0.15, -0.1) is 11.3 Å². The predicted molar refractivity (Wildman–Crippen MR) is 126 cm³/mol. The molecule has 2 atom stereocenters. The summed E-state index contributed by atoms with van der Waals surface area (Å²) in [6.07, 6.45) is -10.1. The van der Waals surface area contributed by atoms with Crippen molar-refractivity contribution in [2.24, 2.45) is 0 Å². The number of aromatic amines is 1. The summed E-state index contributed by atoms with van der Waals surface area (Å²) in [5.41, 5.74) is -5.13. The van der Waals surface area contributed by atoms with E-state index >= 15 is 0 Å². The lowest BCUT2D eigenvalue weighted by Crippen LogP contribution is -2.54. The summed E-state index contributed by atoms with van der Waals surface area (Å²) in [7, 11) is -4.40. The smallest absolute Gasteiger partial charge is 0.369 e. The van der Waals surface area contributed by atoms with Gasteiger partial charge >= 0.3 is 12.4 Å². The van der Waals surface area contributed by atoms with E-state index in [9.17, 15) is 39.9 Å². The number of rotatable bonds is 5. The third kappa shape index (κ3) is 5.09. The molecule has 3 heterocycles. The number of aliphatic hydroxyl groups is 1. The first-order chi connectivity index (χ1) is 18.0. The first kappa shape index (κ1) is 28.8. The molecule has 0 radical (unpaired) electrons. The van der Waals surface area contributed by atoms with Crippen molar-refractivity contribution in [2.45, 2.75) is 42.1 Å². The average molecular weight is 595 g/mol. The van der Waals surface area contributed by atoms with Crippen LogP contribution in [0.15, 0.2) is 34.5 Å². The fraction of sp³-hybridized carbons (Fsp3) is 0.409. The number of benzene rings is 1. The standard InChI is InChI=1S/C22H20F6N6O3S2/c1-12-11-33(16-4-3-14(10-29)9-15(16)21(23,24)25)7-8-34(12)39(36,37)18-6-5-17(38-18)20(35,22(26,27)28)19-30-13(2)31-32-19/h3-6,9,12,35H,7-8,11H2,1-2H3,(H,30,31,32). The number of nitrogens with one attached hydrogen (secondary N) is 1. The summed E-state index contributed by atoms with van der Waals surface area (Å²) in [5, 5.41) is 25.3. The molecule has 0 spiro atoms. The fourth-order valence-corrected chi connectivity index (χ4v) is 7.43. The van der Waals surface area contributed by atoms with Gasteiger partial charge in [0.15, 0.2) is 5.82 Å². The van der Waals surface area contributed by atoms with Gasteiger partial charge in [0.2, 0.25) is 0 Å². The molecule has 4 rings (SSSR count). The number of hydrogen-bond donors (Lipinski definition) is 2. The number of halogens is 6. The van der Waals surface area contributed by atoms with Gasteiger partial charge in [-0.25, -0.2) is 13.4 Å². The molecule has 0 bridgehead atoms. The van der Waals surface area contributed by atoms with Crippen molar-refractivity contribution in [1.82, 2.24) is 19.5 Å². The van der Waals surface area contributed by atoms with Crippen LogP contribution in [0.3, 0.4) is 0 Å². The number of thiophene rings is 1. The Labute approximate surface area is 222 Å². The number of aromatic nitrogens is 3. The van der Waals surface area contributed by atoms with E-state index in [4.69, 9.17) is 5.26 Å². The summed E-state index contributed by atoms with van der Waals surface area (Å²) in [6.45, 7) is 2.21. The van der Waals surface area contributed by atoms with Gasteiger partial charge in [0.1, 0.15) is 10.0 Å². The SMILES string of the molecule is Cc1nc(C(O)(c2ccc(S(=O)(=O)N3CCN(c4ccc(C#N)cc4C(F)(F)F)CC3C)s2)C(F)(F)F)n[nH]1. The van der Waals surface area contributed by atoms with Crippen LogP contribution < -0.4 is 4.90 Å². The quantitative estimate of drug-likeness (QED) is 0.431. The molecular weight excluding hydrogens is 574 g/mol. The molecule has 1 saturated heterocycles. The maximum Gasteiger partial charge on any atom is 0.429 e. The highest BCUT2D eigenvalue weighted by Crippen LogP contribution is 2.46. The third-order valence-corrected chi connectivity index (χ3v) is 9.85. The molecule has 1 aromatic carbocycles. The van der Waals surface area contributed by atoms with E-state index < -0.39 is 54.5 Å². The lowest BCUT2D eigenvalue weighted by atomic mass is 10.0. The topological polar surface area (TPSA) is 126 Å². The highest BCUT2D eigenvalue weighted by Gasteiger charge is 2.60. The van der Waals surface area contributed by atoms with E-state index in [1.807, 2.05) is 0 Å². The lowest BCUT2D eigenvalue weighted by molar-refractivity contribution is -0.249. The van der Waals surface area contributed by atoms with Crippen molar-refractivity contribution < 1.29 is 39.9 Å². The van der Waals surface area contributed by atoms with Crippen molar-refractivity contribution in [3.05, 3.63) is 58.0 Å². The van der Waals surface area contributed by atoms with Crippen LogP contribution in [0, 0.1) is 18.3 Å². The average Bonchev–Trinajstić information content (AvgIpc) is 3.52. The number of piperazine rings is 1. The van der Waals surface area contributed by atoms with Crippen molar-refractivity contribution in [3.63, 3.8) is 0 Å². The van der Waals surface area contributed by atoms with E-state index in [1.54, 1.807) is 6.07 Å². The number of aryl methyl sites for hydroxylation is 1. The van der Waals surface area contributed by atoms with Gasteiger partial charge in [-0.1, -0.05) is 0 Å². The Hall–Kier alpha value is -3.20. The van der Waals surface area contributed by atoms with Crippen molar-refractivity contribution in [2.75, 3.05) is 24.5 Å². The molecular formula is C22H20F6N6O3S2. The molecule has 0 saturated carbocycles. The molecule has 1 fully saturated rings. The Balaban J connectivity index is 1.62. The number of sulfonamides is 1. The Kier molecular flexibility index (Phi) is 7.21. The van der Waals surface area contributed by atoms with Crippen LogP contribution in [-0.4, -0.2) is 64.9 Å². The van der Waals surface area contributed by atoms with Gasteiger partial charge in [0.05, 0.1) is 22.1 Å². The molecule has 39 heavy (non-hydrogen) atoms. The number of nitrogens with zero attached hydrogens (tertiary/aromatic N) is 5. The second kappa shape index (κ2) is 9.77. The number of anilines is 1. The second-order valence-electron chi connectivity index (χ2n) is 8.82. The zero-order valence-corrected chi connectivity index (χ0v) is 21.8. The van der Waals surface area contributed by atoms with Gasteiger partial charge < -0.3 is 10.0 Å². The van der Waals surface area contributed by atoms with Crippen LogP contribution in [0.25, 0.3) is 0 Å². The molecule has 2 unspecified atom stereocenters. The van der Waals surface area contributed by atoms with Gasteiger partial charge in [-0.05, 0) is 44.2 Å². The second-order valence-corrected chi connectivity index (χ2v) is 12.0. The Morgan fingerprint density at radius 2 is 1.85 bits per heavy atom. The van der Waals surface area contributed by atoms with E-state index in [2.05, 4.69) is 15.2 Å². The largest absolute Gasteiger partial charge is 0.429 e. The minimum Gasteiger partial charge on any atom is -0.369 e. The first-order valence-electron chi connectivity index (χ1n) is 11.2. The number of hydrogen-bond acceptors (Lipinski definition) is 8. The fourth-order valence-electron chi connectivity index (χ4n) is 4.28. The maximum absolute atomic E-state index is 14.0. The molecule has 2 N–H and O–H groups in total. The first-order valence-corrected chi connectivity index (χ1v) is 13.4. The normalized spacial score (nSPS) is 19.1. The Bertz CT molecular complexity index is 1530. The summed E-state index contributed by atoms with van der Waals surface area (Å²) in [6, 6.07) is 5.62. The minimum atomic E-state index is -5.29. The third-order valence-electron chi connectivity index (χ3n) is 6.17. The maximum atomic E-state index is 14.0. The molecule has 2 aromatic heterocycles. The number of H-pyrrole nitrogens is 1. The molecule has 1 aliphatic heterocycles. The molecule has 9 nitrogen and oxygen atoms in total. The van der Waals surface area contributed by atoms with E-state index in [0.717, 1.165) is 22.5 Å². The van der Waals surface area contributed by atoms with Crippen LogP contribution in [0.4, 0.5) is 32.0 Å². The van der Waals surface area contributed by atoms with Crippen molar-refractivity contribution >= 4 is 27.0 Å². The molecule has 3 aromatic rings. The molecule has 0 aliphatic carbocycles. The van der Waals surface area contributed by atoms with Gasteiger partial charge in [-0.2, -0.15) is 41.0 Å². The Morgan fingerprint density at radius 1 is 1.15 bits per heavy atom. The molecule has 1 aliphatic rings. The number of alkyl halides is 6. The van der Waals surface area contributed by atoms with Crippen LogP contribution in [0.1, 0.15) is 34.6 Å². The summed E-state index contributed by atoms with van der Waals surface area (Å²) >= 11 is 0.194. The van der Waals surface area contributed by atoms with E-state index in [0.29, 0.717) is 6.07 Å². The van der Waals surface area contributed by atoms with Crippen LogP contribution in [0.5, 0.6) is 0 Å². The highest BCUT2D eigenvalue weighted by atomic mass is 32.2. The van der Waals surface area contributed by atoms with Crippen LogP contribution in [-0.2, 0) is 21.8 Å². The zero-order valence-electron chi connectivity index (χ0n) is 20.2.